The molecule has 0 bridgehead atoms. The van der Waals surface area contributed by atoms with E-state index in [2.05, 4.69) is 16.9 Å². The van der Waals surface area contributed by atoms with Gasteiger partial charge in [-0.05, 0) is 6.42 Å². The minimum absolute atomic E-state index is 0.173. The summed E-state index contributed by atoms with van der Waals surface area (Å²) in [5.74, 6) is -0.180. The maximum absolute atomic E-state index is 10.5. The summed E-state index contributed by atoms with van der Waals surface area (Å²) in [5, 5.41) is 8.60. The average molecular weight is 182 g/mol. The third kappa shape index (κ3) is 2.89. The van der Waals surface area contributed by atoms with Gasteiger partial charge >= 0.3 is 5.97 Å². The summed E-state index contributed by atoms with van der Waals surface area (Å²) in [7, 11) is 0. The van der Waals surface area contributed by atoms with E-state index in [0.717, 1.165) is 31.5 Å². The summed E-state index contributed by atoms with van der Waals surface area (Å²) in [6, 6.07) is 0. The maximum atomic E-state index is 10.5. The first kappa shape index (κ1) is 9.77. The van der Waals surface area contributed by atoms with Crippen LogP contribution >= 0.6 is 0 Å². The molecule has 0 fully saturated rings. The molecule has 0 saturated heterocycles. The van der Waals surface area contributed by atoms with Gasteiger partial charge in [-0.1, -0.05) is 19.8 Å². The number of unbranched alkanes of at least 4 members (excludes halogenated alkanes) is 2. The van der Waals surface area contributed by atoms with Crippen molar-refractivity contribution in [1.82, 2.24) is 9.97 Å². The van der Waals surface area contributed by atoms with Gasteiger partial charge in [0, 0.05) is 6.42 Å². The van der Waals surface area contributed by atoms with Crippen molar-refractivity contribution in [3.05, 3.63) is 17.7 Å². The molecule has 0 amide bonds. The molecule has 0 spiro atoms. The number of hydrogen-bond acceptors (Lipinski definition) is 2. The zero-order valence-electron chi connectivity index (χ0n) is 7.71. The Morgan fingerprint density at radius 3 is 2.92 bits per heavy atom. The Balaban J connectivity index is 2.44. The zero-order valence-corrected chi connectivity index (χ0v) is 7.71. The minimum Gasteiger partial charge on any atom is -0.477 e. The number of H-pyrrole nitrogens is 1. The summed E-state index contributed by atoms with van der Waals surface area (Å²) in [6.07, 6.45) is 5.57. The van der Waals surface area contributed by atoms with Crippen molar-refractivity contribution < 1.29 is 9.90 Å². The Bertz CT molecular complexity index is 281. The van der Waals surface area contributed by atoms with Crippen molar-refractivity contribution >= 4 is 5.97 Å². The van der Waals surface area contributed by atoms with Crippen LogP contribution in [0.2, 0.25) is 0 Å². The highest BCUT2D eigenvalue weighted by molar-refractivity contribution is 5.84. The summed E-state index contributed by atoms with van der Waals surface area (Å²) in [5.41, 5.74) is 0.173. The van der Waals surface area contributed by atoms with Crippen LogP contribution in [0.3, 0.4) is 0 Å². The highest BCUT2D eigenvalue weighted by Gasteiger charge is 2.06. The van der Waals surface area contributed by atoms with Gasteiger partial charge in [-0.2, -0.15) is 0 Å². The van der Waals surface area contributed by atoms with Gasteiger partial charge in [0.15, 0.2) is 0 Å². The number of imidazole rings is 1. The van der Waals surface area contributed by atoms with Crippen molar-refractivity contribution in [1.29, 1.82) is 0 Å². The van der Waals surface area contributed by atoms with E-state index in [9.17, 15) is 4.79 Å². The quantitative estimate of drug-likeness (QED) is 0.683. The van der Waals surface area contributed by atoms with Crippen LogP contribution in [0.1, 0.15) is 42.5 Å². The van der Waals surface area contributed by atoms with Crippen molar-refractivity contribution in [2.24, 2.45) is 0 Å². The lowest BCUT2D eigenvalue weighted by atomic mass is 10.2. The molecule has 0 aliphatic carbocycles. The number of aromatic nitrogens is 2. The Hall–Kier alpha value is -1.32. The normalized spacial score (nSPS) is 10.2. The third-order valence-corrected chi connectivity index (χ3v) is 1.88. The van der Waals surface area contributed by atoms with Crippen molar-refractivity contribution in [2.75, 3.05) is 0 Å². The fourth-order valence-corrected chi connectivity index (χ4v) is 1.14. The first-order chi connectivity index (χ1) is 6.24. The summed E-state index contributed by atoms with van der Waals surface area (Å²) in [6.45, 7) is 2.13. The van der Waals surface area contributed by atoms with Gasteiger partial charge in [-0.25, -0.2) is 9.78 Å². The highest BCUT2D eigenvalue weighted by Crippen LogP contribution is 2.03. The number of hydrogen-bond donors (Lipinski definition) is 2. The predicted octanol–water partition coefficient (Wildman–Crippen LogP) is 1.84. The first-order valence-corrected chi connectivity index (χ1v) is 4.51. The number of carboxylic acids is 1. The van der Waals surface area contributed by atoms with Crippen LogP contribution < -0.4 is 0 Å². The van der Waals surface area contributed by atoms with E-state index in [1.165, 1.54) is 6.20 Å². The molecule has 0 unspecified atom stereocenters. The van der Waals surface area contributed by atoms with Gasteiger partial charge in [0.1, 0.15) is 11.5 Å². The number of nitrogens with zero attached hydrogens (tertiary/aromatic N) is 1. The second kappa shape index (κ2) is 4.64. The Labute approximate surface area is 77.0 Å². The zero-order chi connectivity index (χ0) is 9.68. The fourth-order valence-electron chi connectivity index (χ4n) is 1.14. The van der Waals surface area contributed by atoms with Crippen molar-refractivity contribution in [2.45, 2.75) is 32.6 Å². The molecular weight excluding hydrogens is 168 g/mol. The summed E-state index contributed by atoms with van der Waals surface area (Å²) < 4.78 is 0. The second-order valence-electron chi connectivity index (χ2n) is 3.01. The molecule has 0 aliphatic heterocycles. The predicted molar refractivity (Wildman–Crippen MR) is 48.8 cm³/mol. The number of rotatable bonds is 5. The van der Waals surface area contributed by atoms with Crippen LogP contribution in [0.15, 0.2) is 6.20 Å². The molecule has 1 aromatic heterocycles. The van der Waals surface area contributed by atoms with Gasteiger partial charge < -0.3 is 10.1 Å². The summed E-state index contributed by atoms with van der Waals surface area (Å²) in [4.78, 5) is 17.2. The maximum Gasteiger partial charge on any atom is 0.353 e. The molecule has 0 atom stereocenters. The third-order valence-electron chi connectivity index (χ3n) is 1.88. The smallest absolute Gasteiger partial charge is 0.353 e. The minimum atomic E-state index is -0.950. The van der Waals surface area contributed by atoms with E-state index in [1.807, 2.05) is 0 Å². The molecule has 0 saturated carbocycles. The molecule has 0 radical (unpaired) electrons. The van der Waals surface area contributed by atoms with Crippen LogP contribution in [-0.2, 0) is 6.42 Å². The second-order valence-corrected chi connectivity index (χ2v) is 3.01. The van der Waals surface area contributed by atoms with Crippen LogP contribution in [0.25, 0.3) is 0 Å². The number of aromatic carboxylic acids is 1. The number of nitrogens with one attached hydrogen (secondary N) is 1. The van der Waals surface area contributed by atoms with Gasteiger partial charge in [0.05, 0.1) is 6.20 Å². The molecular formula is C9H14N2O2. The molecule has 0 aliphatic rings. The van der Waals surface area contributed by atoms with Crippen LogP contribution in [0.4, 0.5) is 0 Å². The fraction of sp³-hybridized carbons (Fsp3) is 0.556. The lowest BCUT2D eigenvalue weighted by Gasteiger charge is -1.94. The standard InChI is InChI=1S/C9H14N2O2/c1-2-3-4-5-8-10-6-7(11-8)9(12)13/h6H,2-5H2,1H3,(H,10,11)(H,12,13). The van der Waals surface area contributed by atoms with E-state index in [4.69, 9.17) is 5.11 Å². The molecule has 1 rings (SSSR count). The Kier molecular flexibility index (Phi) is 3.49. The molecule has 1 aromatic rings. The highest BCUT2D eigenvalue weighted by atomic mass is 16.4. The molecule has 2 N–H and O–H groups in total. The molecule has 1 heterocycles. The number of carbonyl (C=O) groups is 1. The molecule has 4 nitrogen and oxygen atoms in total. The first-order valence-electron chi connectivity index (χ1n) is 4.51. The van der Waals surface area contributed by atoms with E-state index < -0.39 is 5.97 Å². The van der Waals surface area contributed by atoms with Crippen LogP contribution in [0.5, 0.6) is 0 Å². The molecule has 13 heavy (non-hydrogen) atoms. The van der Waals surface area contributed by atoms with Gasteiger partial charge in [0.25, 0.3) is 0 Å². The molecule has 4 heteroatoms. The van der Waals surface area contributed by atoms with E-state index in [0.29, 0.717) is 0 Å². The van der Waals surface area contributed by atoms with E-state index >= 15 is 0 Å². The number of aromatic amines is 1. The Morgan fingerprint density at radius 1 is 1.62 bits per heavy atom. The lowest BCUT2D eigenvalue weighted by Crippen LogP contribution is -1.96. The molecule has 72 valence electrons. The summed E-state index contributed by atoms with van der Waals surface area (Å²) >= 11 is 0. The largest absolute Gasteiger partial charge is 0.477 e. The van der Waals surface area contributed by atoms with Crippen molar-refractivity contribution in [3.8, 4) is 0 Å². The van der Waals surface area contributed by atoms with Gasteiger partial charge in [-0.3, -0.25) is 0 Å². The Morgan fingerprint density at radius 2 is 2.38 bits per heavy atom. The van der Waals surface area contributed by atoms with E-state index in [1.54, 1.807) is 0 Å². The van der Waals surface area contributed by atoms with E-state index in [-0.39, 0.29) is 5.69 Å². The van der Waals surface area contributed by atoms with Crippen molar-refractivity contribution in [3.63, 3.8) is 0 Å². The van der Waals surface area contributed by atoms with Gasteiger partial charge in [0.2, 0.25) is 0 Å². The number of aryl methyl sites for hydroxylation is 1. The molecule has 0 aromatic carbocycles. The van der Waals surface area contributed by atoms with Crippen LogP contribution in [0, 0.1) is 0 Å². The van der Waals surface area contributed by atoms with Crippen LogP contribution in [-0.4, -0.2) is 21.0 Å². The monoisotopic (exact) mass is 182 g/mol. The SMILES string of the molecule is CCCCCc1ncc(C(=O)O)[nH]1. The lowest BCUT2D eigenvalue weighted by molar-refractivity contribution is 0.0691. The number of carboxylic acid groups (broad SMARTS) is 1. The average Bonchev–Trinajstić information content (AvgIpc) is 2.53. The topological polar surface area (TPSA) is 66.0 Å². The van der Waals surface area contributed by atoms with Gasteiger partial charge in [-0.15, -0.1) is 0 Å².